The van der Waals surface area contributed by atoms with E-state index in [4.69, 9.17) is 0 Å². The lowest BCUT2D eigenvalue weighted by atomic mass is 10.1. The van der Waals surface area contributed by atoms with Crippen molar-refractivity contribution < 1.29 is 22.4 Å². The Hall–Kier alpha value is -2.94. The normalized spacial score (nSPS) is 12.3. The summed E-state index contributed by atoms with van der Waals surface area (Å²) in [6, 6.07) is 12.5. The number of carbonyl (C=O) groups is 2. The number of carbonyl (C=O) groups excluding carboxylic acids is 2. The standard InChI is InChI=1S/C26H36FN3O4S/c1-19(2)17-28-26(32)21(4)29(18-22-12-7-8-13-23(22)27)25(31)15-10-16-30(35(5,33)34)24-14-9-6-11-20(24)3/h6-9,11-14,19,21H,10,15-18H2,1-5H3,(H,28,32). The molecule has 0 heterocycles. The molecule has 7 nitrogen and oxygen atoms in total. The van der Waals surface area contributed by atoms with Gasteiger partial charge in [-0.15, -0.1) is 0 Å². The highest BCUT2D eigenvalue weighted by Crippen LogP contribution is 2.23. The molecule has 0 saturated heterocycles. The van der Waals surface area contributed by atoms with Crippen molar-refractivity contribution in [1.82, 2.24) is 10.2 Å². The number of anilines is 1. The van der Waals surface area contributed by atoms with E-state index in [-0.39, 0.29) is 43.7 Å². The minimum atomic E-state index is -3.56. The van der Waals surface area contributed by atoms with E-state index in [1.54, 1.807) is 37.3 Å². The average Bonchev–Trinajstić information content (AvgIpc) is 2.79. The zero-order valence-corrected chi connectivity index (χ0v) is 21.9. The van der Waals surface area contributed by atoms with Crippen LogP contribution in [-0.2, 0) is 26.2 Å². The van der Waals surface area contributed by atoms with Gasteiger partial charge in [0.05, 0.1) is 11.9 Å². The molecular weight excluding hydrogens is 469 g/mol. The van der Waals surface area contributed by atoms with E-state index < -0.39 is 21.9 Å². The fourth-order valence-corrected chi connectivity index (χ4v) is 4.69. The number of nitrogens with zero attached hydrogens (tertiary/aromatic N) is 2. The van der Waals surface area contributed by atoms with Gasteiger partial charge in [-0.3, -0.25) is 13.9 Å². The van der Waals surface area contributed by atoms with E-state index in [0.29, 0.717) is 17.8 Å². The van der Waals surface area contributed by atoms with Crippen molar-refractivity contribution in [3.8, 4) is 0 Å². The van der Waals surface area contributed by atoms with Crippen LogP contribution >= 0.6 is 0 Å². The van der Waals surface area contributed by atoms with Crippen molar-refractivity contribution in [3.05, 3.63) is 65.5 Å². The third-order valence-electron chi connectivity index (χ3n) is 5.69. The Labute approximate surface area is 208 Å². The van der Waals surface area contributed by atoms with Crippen LogP contribution in [0.3, 0.4) is 0 Å². The van der Waals surface area contributed by atoms with Crippen LogP contribution in [0.25, 0.3) is 0 Å². The lowest BCUT2D eigenvalue weighted by molar-refractivity contribution is -0.140. The van der Waals surface area contributed by atoms with Crippen LogP contribution in [0.2, 0.25) is 0 Å². The number of aryl methyl sites for hydroxylation is 1. The third-order valence-corrected chi connectivity index (χ3v) is 6.87. The molecule has 0 spiro atoms. The Morgan fingerprint density at radius 2 is 1.66 bits per heavy atom. The first kappa shape index (κ1) is 28.3. The Morgan fingerprint density at radius 1 is 1.03 bits per heavy atom. The molecule has 0 fully saturated rings. The van der Waals surface area contributed by atoms with E-state index in [0.717, 1.165) is 11.8 Å². The predicted octanol–water partition coefficient (Wildman–Crippen LogP) is 3.87. The summed E-state index contributed by atoms with van der Waals surface area (Å²) in [7, 11) is -3.56. The van der Waals surface area contributed by atoms with Gasteiger partial charge in [-0.2, -0.15) is 0 Å². The number of hydrogen-bond donors (Lipinski definition) is 1. The highest BCUT2D eigenvalue weighted by molar-refractivity contribution is 7.92. The molecule has 192 valence electrons. The molecule has 0 aliphatic heterocycles. The number of rotatable bonds is 12. The maximum Gasteiger partial charge on any atom is 0.242 e. The number of nitrogens with one attached hydrogen (secondary N) is 1. The zero-order chi connectivity index (χ0) is 26.2. The van der Waals surface area contributed by atoms with Crippen LogP contribution in [-0.4, -0.2) is 50.5 Å². The van der Waals surface area contributed by atoms with Gasteiger partial charge in [0.25, 0.3) is 0 Å². The van der Waals surface area contributed by atoms with Crippen molar-refractivity contribution in [2.24, 2.45) is 5.92 Å². The Kier molecular flexibility index (Phi) is 10.2. The Balaban J connectivity index is 2.18. The molecule has 1 unspecified atom stereocenters. The van der Waals surface area contributed by atoms with E-state index in [1.165, 1.54) is 15.3 Å². The number of sulfonamides is 1. The fraction of sp³-hybridized carbons (Fsp3) is 0.462. The van der Waals surface area contributed by atoms with E-state index >= 15 is 0 Å². The van der Waals surface area contributed by atoms with Gasteiger partial charge in [0.15, 0.2) is 0 Å². The van der Waals surface area contributed by atoms with Gasteiger partial charge >= 0.3 is 0 Å². The van der Waals surface area contributed by atoms with E-state index in [2.05, 4.69) is 5.32 Å². The van der Waals surface area contributed by atoms with Gasteiger partial charge in [-0.25, -0.2) is 12.8 Å². The van der Waals surface area contributed by atoms with Crippen molar-refractivity contribution >= 4 is 27.5 Å². The zero-order valence-electron chi connectivity index (χ0n) is 21.1. The third kappa shape index (κ3) is 8.35. The monoisotopic (exact) mass is 505 g/mol. The highest BCUT2D eigenvalue weighted by Gasteiger charge is 2.27. The molecule has 0 aliphatic carbocycles. The molecule has 2 aromatic rings. The fourth-order valence-electron chi connectivity index (χ4n) is 3.67. The molecular formula is C26H36FN3O4S. The molecule has 0 radical (unpaired) electrons. The van der Waals surface area contributed by atoms with Gasteiger partial charge in [0.1, 0.15) is 11.9 Å². The molecule has 1 N–H and O–H groups in total. The number of hydrogen-bond acceptors (Lipinski definition) is 4. The number of halogens is 1. The molecule has 2 amide bonds. The lowest BCUT2D eigenvalue weighted by Gasteiger charge is -2.30. The molecule has 0 aromatic heterocycles. The minimum absolute atomic E-state index is 0.00809. The molecule has 0 saturated carbocycles. The Morgan fingerprint density at radius 3 is 2.26 bits per heavy atom. The molecule has 0 aliphatic rings. The summed E-state index contributed by atoms with van der Waals surface area (Å²) in [6.07, 6.45) is 1.38. The van der Waals surface area contributed by atoms with Crippen LogP contribution in [0, 0.1) is 18.7 Å². The number of benzene rings is 2. The van der Waals surface area contributed by atoms with E-state index in [1.807, 2.05) is 32.9 Å². The summed E-state index contributed by atoms with van der Waals surface area (Å²) in [6.45, 7) is 7.89. The highest BCUT2D eigenvalue weighted by atomic mass is 32.2. The molecule has 9 heteroatoms. The SMILES string of the molecule is Cc1ccccc1N(CCCC(=O)N(Cc1ccccc1F)C(C)C(=O)NCC(C)C)S(C)(=O)=O. The largest absolute Gasteiger partial charge is 0.354 e. The quantitative estimate of drug-likeness (QED) is 0.475. The summed E-state index contributed by atoms with van der Waals surface area (Å²) in [5, 5.41) is 2.83. The summed E-state index contributed by atoms with van der Waals surface area (Å²) in [5.74, 6) is -0.882. The van der Waals surface area contributed by atoms with E-state index in [9.17, 15) is 22.4 Å². The minimum Gasteiger partial charge on any atom is -0.354 e. The van der Waals surface area contributed by atoms with Gasteiger partial charge in [0.2, 0.25) is 21.8 Å². The van der Waals surface area contributed by atoms with Crippen LogP contribution in [0.15, 0.2) is 48.5 Å². The van der Waals surface area contributed by atoms with Crippen molar-refractivity contribution in [2.75, 3.05) is 23.7 Å². The number of para-hydroxylation sites is 1. The van der Waals surface area contributed by atoms with Gasteiger partial charge in [0, 0.05) is 31.6 Å². The molecule has 0 bridgehead atoms. The summed E-state index contributed by atoms with van der Waals surface area (Å²) in [5.41, 5.74) is 1.68. The molecule has 1 atom stereocenters. The smallest absolute Gasteiger partial charge is 0.242 e. The maximum absolute atomic E-state index is 14.3. The van der Waals surface area contributed by atoms with Gasteiger partial charge in [-0.05, 0) is 43.9 Å². The van der Waals surface area contributed by atoms with Crippen LogP contribution in [0.5, 0.6) is 0 Å². The predicted molar refractivity (Wildman–Crippen MR) is 137 cm³/mol. The van der Waals surface area contributed by atoms with Crippen molar-refractivity contribution in [3.63, 3.8) is 0 Å². The first-order valence-corrected chi connectivity index (χ1v) is 13.6. The van der Waals surface area contributed by atoms with Crippen LogP contribution in [0.4, 0.5) is 10.1 Å². The van der Waals surface area contributed by atoms with Crippen molar-refractivity contribution in [1.29, 1.82) is 0 Å². The van der Waals surface area contributed by atoms with Crippen LogP contribution < -0.4 is 9.62 Å². The average molecular weight is 506 g/mol. The molecule has 2 rings (SSSR count). The Bertz CT molecular complexity index is 1120. The summed E-state index contributed by atoms with van der Waals surface area (Å²) >= 11 is 0. The van der Waals surface area contributed by atoms with Crippen molar-refractivity contribution in [2.45, 2.75) is 53.1 Å². The maximum atomic E-state index is 14.3. The second kappa shape index (κ2) is 12.7. The summed E-state index contributed by atoms with van der Waals surface area (Å²) in [4.78, 5) is 27.3. The van der Waals surface area contributed by atoms with Crippen LogP contribution in [0.1, 0.15) is 44.7 Å². The second-order valence-electron chi connectivity index (χ2n) is 9.15. The number of amides is 2. The summed E-state index contributed by atoms with van der Waals surface area (Å²) < 4.78 is 40.5. The lowest BCUT2D eigenvalue weighted by Crippen LogP contribution is -2.48. The first-order valence-electron chi connectivity index (χ1n) is 11.8. The molecule has 35 heavy (non-hydrogen) atoms. The topological polar surface area (TPSA) is 86.8 Å². The van der Waals surface area contributed by atoms with Gasteiger partial charge in [-0.1, -0.05) is 50.2 Å². The second-order valence-corrected chi connectivity index (χ2v) is 11.1. The molecule has 2 aromatic carbocycles. The van der Waals surface area contributed by atoms with Gasteiger partial charge < -0.3 is 10.2 Å². The first-order chi connectivity index (χ1) is 16.4.